The van der Waals surface area contributed by atoms with Crippen LogP contribution in [0.4, 0.5) is 0 Å². The number of benzene rings is 1. The summed E-state index contributed by atoms with van der Waals surface area (Å²) in [7, 11) is 3.58. The predicted octanol–water partition coefficient (Wildman–Crippen LogP) is 5.18. The fourth-order valence-electron chi connectivity index (χ4n) is 3.04. The fourth-order valence-corrected chi connectivity index (χ4v) is 3.19. The Bertz CT molecular complexity index is 1090. The maximum Gasteiger partial charge on any atom is 0.133 e. The van der Waals surface area contributed by atoms with Gasteiger partial charge in [-0.1, -0.05) is 25.4 Å². The summed E-state index contributed by atoms with van der Waals surface area (Å²) >= 11 is 5.94. The number of aromatic nitrogens is 4. The largest absolute Gasteiger partial charge is 0.496 e. The van der Waals surface area contributed by atoms with Gasteiger partial charge in [-0.05, 0) is 31.2 Å². The Morgan fingerprint density at radius 1 is 1.12 bits per heavy atom. The Morgan fingerprint density at radius 3 is 2.62 bits per heavy atom. The van der Waals surface area contributed by atoms with Crippen LogP contribution in [-0.2, 0) is 7.05 Å². The van der Waals surface area contributed by atoms with Gasteiger partial charge in [0.2, 0.25) is 0 Å². The fraction of sp³-hybridized carbons (Fsp3) is 0.250. The average Bonchev–Trinajstić information content (AvgIpc) is 3.03. The van der Waals surface area contributed by atoms with Crippen molar-refractivity contribution in [2.75, 3.05) is 7.11 Å². The predicted molar refractivity (Wildman–Crippen MR) is 107 cm³/mol. The highest BCUT2D eigenvalue weighted by Gasteiger charge is 2.16. The van der Waals surface area contributed by atoms with Crippen LogP contribution in [0.25, 0.3) is 33.1 Å². The van der Waals surface area contributed by atoms with Crippen LogP contribution in [-0.4, -0.2) is 26.9 Å². The van der Waals surface area contributed by atoms with Gasteiger partial charge in [-0.2, -0.15) is 5.10 Å². The summed E-state index contributed by atoms with van der Waals surface area (Å²) in [5.41, 5.74) is 4.48. The van der Waals surface area contributed by atoms with Crippen molar-refractivity contribution in [3.8, 4) is 17.0 Å². The minimum atomic E-state index is 0.460. The molecule has 4 aromatic rings. The van der Waals surface area contributed by atoms with E-state index in [9.17, 15) is 0 Å². The lowest BCUT2D eigenvalue weighted by Gasteiger charge is -2.12. The Hall–Kier alpha value is -2.66. The Kier molecular flexibility index (Phi) is 5.09. The smallest absolute Gasteiger partial charge is 0.133 e. The second-order valence-electron chi connectivity index (χ2n) is 5.72. The minimum Gasteiger partial charge on any atom is -0.496 e. The van der Waals surface area contributed by atoms with Gasteiger partial charge in [-0.25, -0.2) is 4.98 Å². The third-order valence-corrected chi connectivity index (χ3v) is 4.33. The second-order valence-corrected chi connectivity index (χ2v) is 6.11. The van der Waals surface area contributed by atoms with Crippen molar-refractivity contribution in [2.24, 2.45) is 7.05 Å². The molecule has 0 aliphatic heterocycles. The van der Waals surface area contributed by atoms with Gasteiger partial charge < -0.3 is 4.74 Å². The van der Waals surface area contributed by atoms with Crippen LogP contribution in [0.1, 0.15) is 19.4 Å². The number of fused-ring (bicyclic) bond motifs is 2. The highest BCUT2D eigenvalue weighted by atomic mass is 35.5. The molecule has 6 heteroatoms. The van der Waals surface area contributed by atoms with E-state index in [0.717, 1.165) is 44.4 Å². The van der Waals surface area contributed by atoms with Gasteiger partial charge in [0, 0.05) is 35.1 Å². The number of rotatable bonds is 2. The van der Waals surface area contributed by atoms with Gasteiger partial charge >= 0.3 is 0 Å². The van der Waals surface area contributed by atoms with E-state index in [2.05, 4.69) is 21.1 Å². The summed E-state index contributed by atoms with van der Waals surface area (Å²) in [5, 5.41) is 7.01. The first-order valence-corrected chi connectivity index (χ1v) is 8.88. The molecule has 0 aliphatic carbocycles. The lowest BCUT2D eigenvalue weighted by molar-refractivity contribution is 0.414. The highest BCUT2D eigenvalue weighted by molar-refractivity contribution is 6.29. The van der Waals surface area contributed by atoms with Crippen LogP contribution in [0.15, 0.2) is 36.7 Å². The number of ether oxygens (including phenoxy) is 1. The number of hydrogen-bond donors (Lipinski definition) is 0. The van der Waals surface area contributed by atoms with Crippen molar-refractivity contribution in [2.45, 2.75) is 20.8 Å². The quantitative estimate of drug-likeness (QED) is 0.457. The lowest BCUT2D eigenvalue weighted by atomic mass is 10.0. The van der Waals surface area contributed by atoms with Crippen LogP contribution >= 0.6 is 11.6 Å². The molecular formula is C20H21ClN4O. The molecule has 4 rings (SSSR count). The Morgan fingerprint density at radius 2 is 1.88 bits per heavy atom. The maximum absolute atomic E-state index is 5.94. The standard InChI is InChI=1S/C18H15ClN4O.C2H6/c1-10-17-12(9-23(2)22-17)6-13(18(10)24-3)14-7-11-4-5-16(19)21-15(11)8-20-14;1-2/h4-9H,1-3H3;1-2H3. The van der Waals surface area contributed by atoms with Crippen LogP contribution in [0, 0.1) is 6.92 Å². The van der Waals surface area contributed by atoms with E-state index in [1.54, 1.807) is 24.1 Å². The second kappa shape index (κ2) is 7.30. The number of halogens is 1. The van der Waals surface area contributed by atoms with E-state index < -0.39 is 0 Å². The van der Waals surface area contributed by atoms with Crippen LogP contribution in [0.3, 0.4) is 0 Å². The van der Waals surface area contributed by atoms with Crippen molar-refractivity contribution < 1.29 is 4.74 Å². The number of nitrogens with zero attached hydrogens (tertiary/aromatic N) is 4. The Balaban J connectivity index is 0.000000948. The highest BCUT2D eigenvalue weighted by Crippen LogP contribution is 2.37. The molecule has 26 heavy (non-hydrogen) atoms. The molecule has 0 aliphatic rings. The SMILES string of the molecule is CC.COc1c(-c2cc3ccc(Cl)nc3cn2)cc2cn(C)nc2c1C. The minimum absolute atomic E-state index is 0.460. The molecule has 134 valence electrons. The molecular weight excluding hydrogens is 348 g/mol. The number of methoxy groups -OCH3 is 1. The molecule has 3 heterocycles. The summed E-state index contributed by atoms with van der Waals surface area (Å²) in [5.74, 6) is 0.787. The zero-order chi connectivity index (χ0) is 18.8. The summed E-state index contributed by atoms with van der Waals surface area (Å²) in [6.07, 6.45) is 3.73. The number of aryl methyl sites for hydroxylation is 2. The average molecular weight is 369 g/mol. The van der Waals surface area contributed by atoms with E-state index in [4.69, 9.17) is 16.3 Å². The van der Waals surface area contributed by atoms with Crippen molar-refractivity contribution >= 4 is 33.4 Å². The molecule has 0 saturated carbocycles. The molecule has 1 aromatic carbocycles. The molecule has 0 radical (unpaired) electrons. The van der Waals surface area contributed by atoms with Crippen LogP contribution in [0.5, 0.6) is 5.75 Å². The van der Waals surface area contributed by atoms with Crippen molar-refractivity contribution in [3.05, 3.63) is 47.4 Å². The number of pyridine rings is 2. The van der Waals surface area contributed by atoms with Crippen LogP contribution in [0.2, 0.25) is 5.15 Å². The number of hydrogen-bond acceptors (Lipinski definition) is 4. The summed E-state index contributed by atoms with van der Waals surface area (Å²) in [6.45, 7) is 6.01. The molecule has 0 saturated heterocycles. The zero-order valence-electron chi connectivity index (χ0n) is 15.5. The zero-order valence-corrected chi connectivity index (χ0v) is 16.3. The molecule has 0 bridgehead atoms. The lowest BCUT2D eigenvalue weighted by Crippen LogP contribution is -1.95. The topological polar surface area (TPSA) is 52.8 Å². The molecule has 0 amide bonds. The summed E-state index contributed by atoms with van der Waals surface area (Å²) in [6, 6.07) is 7.78. The van der Waals surface area contributed by atoms with E-state index >= 15 is 0 Å². The first-order valence-electron chi connectivity index (χ1n) is 8.50. The summed E-state index contributed by atoms with van der Waals surface area (Å²) in [4.78, 5) is 8.84. The van der Waals surface area contributed by atoms with E-state index in [0.29, 0.717) is 5.15 Å². The molecule has 0 N–H and O–H groups in total. The van der Waals surface area contributed by atoms with Gasteiger partial charge in [-0.3, -0.25) is 9.67 Å². The Labute approximate surface area is 157 Å². The van der Waals surface area contributed by atoms with Gasteiger partial charge in [0.05, 0.1) is 30.0 Å². The third kappa shape index (κ3) is 3.10. The molecule has 0 fully saturated rings. The molecule has 0 atom stereocenters. The molecule has 3 aromatic heterocycles. The van der Waals surface area contributed by atoms with Gasteiger partial charge in [0.15, 0.2) is 0 Å². The molecule has 0 unspecified atom stereocenters. The van der Waals surface area contributed by atoms with Crippen LogP contribution < -0.4 is 4.74 Å². The van der Waals surface area contributed by atoms with E-state index in [1.807, 2.05) is 46.1 Å². The van der Waals surface area contributed by atoms with Crippen molar-refractivity contribution in [3.63, 3.8) is 0 Å². The van der Waals surface area contributed by atoms with Crippen molar-refractivity contribution in [1.82, 2.24) is 19.7 Å². The maximum atomic E-state index is 5.94. The van der Waals surface area contributed by atoms with Gasteiger partial charge in [0.25, 0.3) is 0 Å². The first-order chi connectivity index (χ1) is 12.6. The molecule has 5 nitrogen and oxygen atoms in total. The first kappa shape index (κ1) is 18.1. The van der Waals surface area contributed by atoms with Gasteiger partial charge in [-0.15, -0.1) is 0 Å². The monoisotopic (exact) mass is 368 g/mol. The molecule has 0 spiro atoms. The normalized spacial score (nSPS) is 10.7. The van der Waals surface area contributed by atoms with Gasteiger partial charge in [0.1, 0.15) is 10.9 Å². The third-order valence-electron chi connectivity index (χ3n) is 4.12. The van der Waals surface area contributed by atoms with E-state index in [-0.39, 0.29) is 0 Å². The van der Waals surface area contributed by atoms with Crippen molar-refractivity contribution in [1.29, 1.82) is 0 Å². The summed E-state index contributed by atoms with van der Waals surface area (Å²) < 4.78 is 7.46. The van der Waals surface area contributed by atoms with E-state index in [1.165, 1.54) is 0 Å².